The standard InChI is InChI=1S/C21H24O2/c1-20(16-10-12-17(22-2)13-11-16)18-8-4-5-9-19(18)21(23-20)14-6-3-7-15-21/h4-5,8-13H,3,6-7,14-15H2,1-2H3. The van der Waals surface area contributed by atoms with Gasteiger partial charge in [0.25, 0.3) is 0 Å². The van der Waals surface area contributed by atoms with Crippen LogP contribution < -0.4 is 4.74 Å². The molecule has 2 aliphatic rings. The molecule has 1 unspecified atom stereocenters. The Balaban J connectivity index is 1.82. The lowest BCUT2D eigenvalue weighted by atomic mass is 9.78. The second-order valence-corrected chi connectivity index (χ2v) is 6.96. The first-order valence-electron chi connectivity index (χ1n) is 8.63. The predicted molar refractivity (Wildman–Crippen MR) is 91.7 cm³/mol. The van der Waals surface area contributed by atoms with Crippen molar-refractivity contribution in [3.05, 3.63) is 65.2 Å². The van der Waals surface area contributed by atoms with Crippen LogP contribution in [0.2, 0.25) is 0 Å². The second kappa shape index (κ2) is 5.38. The molecule has 1 heterocycles. The molecule has 120 valence electrons. The summed E-state index contributed by atoms with van der Waals surface area (Å²) >= 11 is 0. The zero-order valence-electron chi connectivity index (χ0n) is 14.0. The van der Waals surface area contributed by atoms with Crippen LogP contribution in [0.5, 0.6) is 5.75 Å². The topological polar surface area (TPSA) is 18.5 Å². The lowest BCUT2D eigenvalue weighted by molar-refractivity contribution is -0.131. The largest absolute Gasteiger partial charge is 0.497 e. The summed E-state index contributed by atoms with van der Waals surface area (Å²) in [5, 5.41) is 0. The molecule has 1 aliphatic carbocycles. The average Bonchev–Trinajstić information content (AvgIpc) is 2.86. The lowest BCUT2D eigenvalue weighted by Gasteiger charge is -2.37. The smallest absolute Gasteiger partial charge is 0.118 e. The van der Waals surface area contributed by atoms with E-state index in [0.29, 0.717) is 0 Å². The van der Waals surface area contributed by atoms with Crippen molar-refractivity contribution in [3.63, 3.8) is 0 Å². The normalized spacial score (nSPS) is 25.3. The average molecular weight is 308 g/mol. The third-order valence-corrected chi connectivity index (χ3v) is 5.63. The minimum Gasteiger partial charge on any atom is -0.497 e. The predicted octanol–water partition coefficient (Wildman–Crippen LogP) is 5.15. The van der Waals surface area contributed by atoms with Crippen LogP contribution in [0.15, 0.2) is 48.5 Å². The maximum Gasteiger partial charge on any atom is 0.118 e. The summed E-state index contributed by atoms with van der Waals surface area (Å²) in [4.78, 5) is 0. The van der Waals surface area contributed by atoms with Crippen molar-refractivity contribution in [2.45, 2.75) is 50.2 Å². The molecule has 4 rings (SSSR count). The van der Waals surface area contributed by atoms with Crippen LogP contribution in [0.3, 0.4) is 0 Å². The van der Waals surface area contributed by atoms with Gasteiger partial charge in [-0.1, -0.05) is 55.7 Å². The molecule has 2 heteroatoms. The molecule has 1 atom stereocenters. The van der Waals surface area contributed by atoms with E-state index in [4.69, 9.17) is 9.47 Å². The van der Waals surface area contributed by atoms with Gasteiger partial charge in [0.2, 0.25) is 0 Å². The quantitative estimate of drug-likeness (QED) is 0.764. The highest BCUT2D eigenvalue weighted by Crippen LogP contribution is 2.55. The summed E-state index contributed by atoms with van der Waals surface area (Å²) < 4.78 is 12.2. The van der Waals surface area contributed by atoms with Crippen molar-refractivity contribution in [1.82, 2.24) is 0 Å². The Labute approximate surface area is 138 Å². The molecule has 1 fully saturated rings. The van der Waals surface area contributed by atoms with E-state index >= 15 is 0 Å². The molecule has 0 N–H and O–H groups in total. The fourth-order valence-corrected chi connectivity index (χ4v) is 4.41. The van der Waals surface area contributed by atoms with Gasteiger partial charge >= 0.3 is 0 Å². The number of ether oxygens (including phenoxy) is 2. The molecule has 1 saturated carbocycles. The van der Waals surface area contributed by atoms with Crippen molar-refractivity contribution in [2.24, 2.45) is 0 Å². The number of benzene rings is 2. The Hall–Kier alpha value is -1.80. The molecule has 2 aromatic carbocycles. The molecule has 0 aromatic heterocycles. The van der Waals surface area contributed by atoms with E-state index in [1.165, 1.54) is 36.0 Å². The Bertz CT molecular complexity index is 698. The van der Waals surface area contributed by atoms with Crippen molar-refractivity contribution in [2.75, 3.05) is 7.11 Å². The molecule has 2 nitrogen and oxygen atoms in total. The summed E-state index contributed by atoms with van der Waals surface area (Å²) in [6.45, 7) is 2.22. The molecule has 0 amide bonds. The van der Waals surface area contributed by atoms with Gasteiger partial charge in [0.05, 0.1) is 12.7 Å². The molecule has 2 aromatic rings. The van der Waals surface area contributed by atoms with E-state index in [1.807, 2.05) is 12.1 Å². The first-order chi connectivity index (χ1) is 11.2. The third kappa shape index (κ3) is 2.20. The van der Waals surface area contributed by atoms with Gasteiger partial charge in [0.15, 0.2) is 0 Å². The summed E-state index contributed by atoms with van der Waals surface area (Å²) in [7, 11) is 1.70. The van der Waals surface area contributed by atoms with Gasteiger partial charge in [-0.25, -0.2) is 0 Å². The number of fused-ring (bicyclic) bond motifs is 2. The van der Waals surface area contributed by atoms with Crippen molar-refractivity contribution in [1.29, 1.82) is 0 Å². The van der Waals surface area contributed by atoms with Crippen molar-refractivity contribution in [3.8, 4) is 5.75 Å². The number of hydrogen-bond acceptors (Lipinski definition) is 2. The molecule has 1 spiro atoms. The zero-order chi connectivity index (χ0) is 15.9. The van der Waals surface area contributed by atoms with Gasteiger partial charge in [-0.3, -0.25) is 0 Å². The van der Waals surface area contributed by atoms with E-state index < -0.39 is 0 Å². The summed E-state index contributed by atoms with van der Waals surface area (Å²) in [6, 6.07) is 17.1. The van der Waals surface area contributed by atoms with E-state index in [1.54, 1.807) is 7.11 Å². The van der Waals surface area contributed by atoms with Crippen LogP contribution in [0.1, 0.15) is 55.7 Å². The van der Waals surface area contributed by atoms with Crippen LogP contribution in [-0.2, 0) is 15.9 Å². The summed E-state index contributed by atoms with van der Waals surface area (Å²) in [5.41, 5.74) is 3.46. The number of hydrogen-bond donors (Lipinski definition) is 0. The molecule has 0 bridgehead atoms. The molecular formula is C21H24O2. The molecular weight excluding hydrogens is 284 g/mol. The molecule has 1 aliphatic heterocycles. The van der Waals surface area contributed by atoms with Gasteiger partial charge in [0.1, 0.15) is 11.4 Å². The van der Waals surface area contributed by atoms with E-state index in [2.05, 4.69) is 43.3 Å². The Morgan fingerprint density at radius 1 is 0.870 bits per heavy atom. The van der Waals surface area contributed by atoms with Gasteiger partial charge in [-0.15, -0.1) is 0 Å². The number of rotatable bonds is 2. The van der Waals surface area contributed by atoms with Crippen LogP contribution in [0.25, 0.3) is 0 Å². The molecule has 23 heavy (non-hydrogen) atoms. The fraction of sp³-hybridized carbons (Fsp3) is 0.429. The maximum atomic E-state index is 6.87. The maximum absolute atomic E-state index is 6.87. The summed E-state index contributed by atoms with van der Waals surface area (Å²) in [5.74, 6) is 0.885. The minimum atomic E-state index is -0.375. The fourth-order valence-electron chi connectivity index (χ4n) is 4.41. The third-order valence-electron chi connectivity index (χ3n) is 5.63. The van der Waals surface area contributed by atoms with Crippen LogP contribution >= 0.6 is 0 Å². The first-order valence-corrected chi connectivity index (χ1v) is 8.63. The highest BCUT2D eigenvalue weighted by molar-refractivity contribution is 5.48. The van der Waals surface area contributed by atoms with Gasteiger partial charge in [-0.05, 0) is 48.6 Å². The minimum absolute atomic E-state index is 0.0937. The van der Waals surface area contributed by atoms with Gasteiger partial charge < -0.3 is 9.47 Å². The van der Waals surface area contributed by atoms with E-state index in [-0.39, 0.29) is 11.2 Å². The SMILES string of the molecule is COc1ccc(C2(C)OC3(CCCCC3)c3ccccc32)cc1. The first kappa shape index (κ1) is 14.8. The van der Waals surface area contributed by atoms with Crippen molar-refractivity contribution >= 4 is 0 Å². The zero-order valence-corrected chi connectivity index (χ0v) is 14.0. The second-order valence-electron chi connectivity index (χ2n) is 6.96. The molecule has 0 saturated heterocycles. The van der Waals surface area contributed by atoms with Crippen LogP contribution in [0.4, 0.5) is 0 Å². The monoisotopic (exact) mass is 308 g/mol. The Morgan fingerprint density at radius 3 is 2.17 bits per heavy atom. The highest BCUT2D eigenvalue weighted by Gasteiger charge is 2.51. The van der Waals surface area contributed by atoms with Gasteiger partial charge in [-0.2, -0.15) is 0 Å². The Kier molecular flexibility index (Phi) is 3.46. The van der Waals surface area contributed by atoms with E-state index in [9.17, 15) is 0 Å². The Morgan fingerprint density at radius 2 is 1.52 bits per heavy atom. The van der Waals surface area contributed by atoms with Crippen molar-refractivity contribution < 1.29 is 9.47 Å². The van der Waals surface area contributed by atoms with E-state index in [0.717, 1.165) is 18.6 Å². The summed E-state index contributed by atoms with van der Waals surface area (Å²) in [6.07, 6.45) is 6.11. The lowest BCUT2D eigenvalue weighted by Crippen LogP contribution is -2.33. The van der Waals surface area contributed by atoms with Crippen LogP contribution in [-0.4, -0.2) is 7.11 Å². The molecule has 0 radical (unpaired) electrons. The highest BCUT2D eigenvalue weighted by atomic mass is 16.5. The van der Waals surface area contributed by atoms with Crippen LogP contribution in [0, 0.1) is 0 Å². The van der Waals surface area contributed by atoms with Gasteiger partial charge in [0, 0.05) is 0 Å². The number of methoxy groups -OCH3 is 1.